The van der Waals surface area contributed by atoms with E-state index in [2.05, 4.69) is 44.2 Å². The summed E-state index contributed by atoms with van der Waals surface area (Å²) in [6.07, 6.45) is 4.23. The lowest BCUT2D eigenvalue weighted by Crippen LogP contribution is -2.48. The zero-order valence-electron chi connectivity index (χ0n) is 15.0. The zero-order valence-corrected chi connectivity index (χ0v) is 17.3. The van der Waals surface area contributed by atoms with Crippen molar-refractivity contribution in [3.05, 3.63) is 24.3 Å². The van der Waals surface area contributed by atoms with Gasteiger partial charge in [-0.2, -0.15) is 0 Å². The molecule has 0 bridgehead atoms. The Morgan fingerprint density at radius 1 is 1.38 bits per heavy atom. The van der Waals surface area contributed by atoms with Crippen molar-refractivity contribution < 1.29 is 0 Å². The number of likely N-dealkylation sites (tertiary alicyclic amines) is 1. The third-order valence-electron chi connectivity index (χ3n) is 4.22. The van der Waals surface area contributed by atoms with Gasteiger partial charge >= 0.3 is 0 Å². The molecule has 0 amide bonds. The molecular formula is C16H30IN7. The Kier molecular flexibility index (Phi) is 9.27. The average molecular weight is 447 g/mol. The molecule has 1 aromatic rings. The highest BCUT2D eigenvalue weighted by Crippen LogP contribution is 2.10. The Morgan fingerprint density at radius 2 is 2.08 bits per heavy atom. The maximum Gasteiger partial charge on any atom is 0.191 e. The fourth-order valence-electron chi connectivity index (χ4n) is 2.69. The SMILES string of the molecule is C=CCN1CCC(NC(=NCc2nnc(C)n2C)NCC)CC1.I. The maximum absolute atomic E-state index is 4.65. The Bertz CT molecular complexity index is 533. The molecule has 1 aliphatic rings. The number of rotatable bonds is 6. The first-order valence-corrected chi connectivity index (χ1v) is 8.37. The molecule has 0 saturated carbocycles. The number of aliphatic imine (C=N–C) groups is 1. The largest absolute Gasteiger partial charge is 0.357 e. The van der Waals surface area contributed by atoms with Crippen LogP contribution in [-0.4, -0.2) is 57.8 Å². The fourth-order valence-corrected chi connectivity index (χ4v) is 2.69. The minimum absolute atomic E-state index is 0. The Hall–Kier alpha value is -1.16. The van der Waals surface area contributed by atoms with Gasteiger partial charge in [-0.25, -0.2) is 4.99 Å². The Labute approximate surface area is 162 Å². The molecule has 1 aromatic heterocycles. The molecule has 0 spiro atoms. The van der Waals surface area contributed by atoms with E-state index in [1.807, 2.05) is 24.6 Å². The number of nitrogens with zero attached hydrogens (tertiary/aromatic N) is 5. The quantitative estimate of drug-likeness (QED) is 0.299. The van der Waals surface area contributed by atoms with Crippen LogP contribution in [0, 0.1) is 6.92 Å². The van der Waals surface area contributed by atoms with Crippen molar-refractivity contribution in [2.45, 2.75) is 39.3 Å². The van der Waals surface area contributed by atoms with Crippen LogP contribution in [0.25, 0.3) is 0 Å². The molecule has 136 valence electrons. The predicted molar refractivity (Wildman–Crippen MR) is 109 cm³/mol. The van der Waals surface area contributed by atoms with Gasteiger partial charge in [0.05, 0.1) is 0 Å². The van der Waals surface area contributed by atoms with E-state index in [1.54, 1.807) is 0 Å². The van der Waals surface area contributed by atoms with E-state index >= 15 is 0 Å². The van der Waals surface area contributed by atoms with Gasteiger partial charge in [-0.05, 0) is 26.7 Å². The van der Waals surface area contributed by atoms with Crippen LogP contribution >= 0.6 is 24.0 Å². The molecule has 1 saturated heterocycles. The number of guanidine groups is 1. The molecule has 0 aromatic carbocycles. The van der Waals surface area contributed by atoms with Gasteiger partial charge in [0.15, 0.2) is 11.8 Å². The van der Waals surface area contributed by atoms with Gasteiger partial charge in [-0.1, -0.05) is 6.08 Å². The van der Waals surface area contributed by atoms with Crippen molar-refractivity contribution >= 4 is 29.9 Å². The molecule has 1 fully saturated rings. The molecule has 0 radical (unpaired) electrons. The van der Waals surface area contributed by atoms with Crippen LogP contribution in [0.3, 0.4) is 0 Å². The zero-order chi connectivity index (χ0) is 16.7. The second-order valence-corrected chi connectivity index (χ2v) is 5.93. The number of aromatic nitrogens is 3. The van der Waals surface area contributed by atoms with Gasteiger partial charge in [-0.15, -0.1) is 40.8 Å². The fraction of sp³-hybridized carbons (Fsp3) is 0.688. The smallest absolute Gasteiger partial charge is 0.191 e. The van der Waals surface area contributed by atoms with E-state index in [0.717, 1.165) is 56.6 Å². The normalized spacial score (nSPS) is 16.5. The maximum atomic E-state index is 4.65. The summed E-state index contributed by atoms with van der Waals surface area (Å²) in [5.74, 6) is 2.64. The van der Waals surface area contributed by atoms with E-state index in [-0.39, 0.29) is 24.0 Å². The lowest BCUT2D eigenvalue weighted by molar-refractivity contribution is 0.225. The molecule has 0 atom stereocenters. The van der Waals surface area contributed by atoms with E-state index in [4.69, 9.17) is 0 Å². The van der Waals surface area contributed by atoms with Crippen LogP contribution in [0.1, 0.15) is 31.4 Å². The van der Waals surface area contributed by atoms with Gasteiger partial charge in [0.2, 0.25) is 0 Å². The molecule has 0 unspecified atom stereocenters. The lowest BCUT2D eigenvalue weighted by Gasteiger charge is -2.32. The van der Waals surface area contributed by atoms with Crippen LogP contribution in [-0.2, 0) is 13.6 Å². The summed E-state index contributed by atoms with van der Waals surface area (Å²) in [6, 6.07) is 0.468. The van der Waals surface area contributed by atoms with Gasteiger partial charge in [0, 0.05) is 39.3 Å². The summed E-state index contributed by atoms with van der Waals surface area (Å²) >= 11 is 0. The second-order valence-electron chi connectivity index (χ2n) is 5.93. The third-order valence-corrected chi connectivity index (χ3v) is 4.22. The van der Waals surface area contributed by atoms with Crippen molar-refractivity contribution in [2.24, 2.45) is 12.0 Å². The summed E-state index contributed by atoms with van der Waals surface area (Å²) in [5.41, 5.74) is 0. The molecule has 7 nitrogen and oxygen atoms in total. The third kappa shape index (κ3) is 6.04. The minimum Gasteiger partial charge on any atom is -0.357 e. The number of piperidine rings is 1. The monoisotopic (exact) mass is 447 g/mol. The van der Waals surface area contributed by atoms with Crippen molar-refractivity contribution in [2.75, 3.05) is 26.2 Å². The van der Waals surface area contributed by atoms with E-state index < -0.39 is 0 Å². The highest BCUT2D eigenvalue weighted by molar-refractivity contribution is 14.0. The molecule has 24 heavy (non-hydrogen) atoms. The van der Waals surface area contributed by atoms with E-state index in [0.29, 0.717) is 12.6 Å². The van der Waals surface area contributed by atoms with E-state index in [9.17, 15) is 0 Å². The first-order valence-electron chi connectivity index (χ1n) is 8.37. The van der Waals surface area contributed by atoms with Crippen LogP contribution in [0.15, 0.2) is 17.6 Å². The van der Waals surface area contributed by atoms with Gasteiger partial charge in [0.1, 0.15) is 12.4 Å². The number of hydrogen-bond donors (Lipinski definition) is 2. The lowest BCUT2D eigenvalue weighted by atomic mass is 10.1. The van der Waals surface area contributed by atoms with Crippen LogP contribution in [0.2, 0.25) is 0 Å². The number of hydrogen-bond acceptors (Lipinski definition) is 4. The number of aryl methyl sites for hydroxylation is 1. The number of nitrogens with one attached hydrogen (secondary N) is 2. The Balaban J connectivity index is 0.00000288. The molecule has 2 heterocycles. The van der Waals surface area contributed by atoms with E-state index in [1.165, 1.54) is 0 Å². The second kappa shape index (κ2) is 10.7. The van der Waals surface area contributed by atoms with Crippen LogP contribution < -0.4 is 10.6 Å². The summed E-state index contributed by atoms with van der Waals surface area (Å²) in [5, 5.41) is 15.1. The molecule has 2 rings (SSSR count). The van der Waals surface area contributed by atoms with Crippen molar-refractivity contribution in [3.63, 3.8) is 0 Å². The molecular weight excluding hydrogens is 417 g/mol. The van der Waals surface area contributed by atoms with Crippen LogP contribution in [0.4, 0.5) is 0 Å². The molecule has 8 heteroatoms. The van der Waals surface area contributed by atoms with Gasteiger partial charge in [-0.3, -0.25) is 4.90 Å². The van der Waals surface area contributed by atoms with Gasteiger partial charge < -0.3 is 15.2 Å². The molecule has 1 aliphatic heterocycles. The number of halogens is 1. The van der Waals surface area contributed by atoms with Gasteiger partial charge in [0.25, 0.3) is 0 Å². The van der Waals surface area contributed by atoms with Crippen molar-refractivity contribution in [3.8, 4) is 0 Å². The summed E-state index contributed by atoms with van der Waals surface area (Å²) in [6.45, 7) is 12.4. The predicted octanol–water partition coefficient (Wildman–Crippen LogP) is 1.45. The first kappa shape index (κ1) is 20.9. The molecule has 2 N–H and O–H groups in total. The summed E-state index contributed by atoms with van der Waals surface area (Å²) < 4.78 is 1.97. The van der Waals surface area contributed by atoms with Crippen LogP contribution in [0.5, 0.6) is 0 Å². The van der Waals surface area contributed by atoms with Crippen molar-refractivity contribution in [1.82, 2.24) is 30.3 Å². The topological polar surface area (TPSA) is 70.4 Å². The minimum atomic E-state index is 0. The summed E-state index contributed by atoms with van der Waals surface area (Å²) in [4.78, 5) is 7.08. The van der Waals surface area contributed by atoms with Crippen molar-refractivity contribution in [1.29, 1.82) is 0 Å². The highest BCUT2D eigenvalue weighted by Gasteiger charge is 2.19. The standard InChI is InChI=1S/C16H29N7.HI/c1-5-9-23-10-7-14(8-11-23)19-16(17-6-2)18-12-15-21-20-13(3)22(15)4;/h5,14H,1,6-12H2,2-4H3,(H2,17,18,19);1H. The Morgan fingerprint density at radius 3 is 2.62 bits per heavy atom. The average Bonchev–Trinajstić information content (AvgIpc) is 2.87. The first-order chi connectivity index (χ1) is 11.1. The highest BCUT2D eigenvalue weighted by atomic mass is 127. The molecule has 0 aliphatic carbocycles. The summed E-state index contributed by atoms with van der Waals surface area (Å²) in [7, 11) is 1.97.